The molecule has 2 aromatic carbocycles. The zero-order valence-corrected chi connectivity index (χ0v) is 15.4. The van der Waals surface area contributed by atoms with Crippen LogP contribution in [0.3, 0.4) is 0 Å². The molecule has 0 saturated carbocycles. The van der Waals surface area contributed by atoms with Crippen LogP contribution in [0, 0.1) is 0 Å². The van der Waals surface area contributed by atoms with E-state index >= 15 is 0 Å². The van der Waals surface area contributed by atoms with Crippen molar-refractivity contribution in [2.24, 2.45) is 0 Å². The number of para-hydroxylation sites is 1. The van der Waals surface area contributed by atoms with Crippen molar-refractivity contribution in [1.82, 2.24) is 10.2 Å². The molecule has 26 heavy (non-hydrogen) atoms. The van der Waals surface area contributed by atoms with Crippen molar-refractivity contribution < 1.29 is 14.3 Å². The molecule has 0 aliphatic carbocycles. The lowest BCUT2D eigenvalue weighted by molar-refractivity contribution is 0.208. The predicted octanol–water partition coefficient (Wildman–Crippen LogP) is 3.45. The summed E-state index contributed by atoms with van der Waals surface area (Å²) < 4.78 is 10.6. The maximum Gasteiger partial charge on any atom is 0.317 e. The normalized spacial score (nSPS) is 16.4. The Morgan fingerprint density at radius 3 is 2.62 bits per heavy atom. The third kappa shape index (κ3) is 4.28. The SMILES string of the molecule is COc1ccc(C2CCN(C(=O)NCCc3ccccc3OC)C2)cc1. The van der Waals surface area contributed by atoms with Crippen LogP contribution >= 0.6 is 0 Å². The van der Waals surface area contributed by atoms with E-state index in [-0.39, 0.29) is 6.03 Å². The van der Waals surface area contributed by atoms with Crippen molar-refractivity contribution in [1.29, 1.82) is 0 Å². The Morgan fingerprint density at radius 2 is 1.88 bits per heavy atom. The minimum Gasteiger partial charge on any atom is -0.497 e. The monoisotopic (exact) mass is 354 g/mol. The highest BCUT2D eigenvalue weighted by Gasteiger charge is 2.27. The summed E-state index contributed by atoms with van der Waals surface area (Å²) in [5, 5.41) is 3.03. The second kappa shape index (κ2) is 8.61. The Bertz CT molecular complexity index is 730. The van der Waals surface area contributed by atoms with Gasteiger partial charge in [0.15, 0.2) is 0 Å². The van der Waals surface area contributed by atoms with Crippen LogP contribution in [0.15, 0.2) is 48.5 Å². The second-order valence-electron chi connectivity index (χ2n) is 6.50. The minimum atomic E-state index is 0.0101. The molecule has 2 aromatic rings. The van der Waals surface area contributed by atoms with Gasteiger partial charge >= 0.3 is 6.03 Å². The summed E-state index contributed by atoms with van der Waals surface area (Å²) in [5.74, 6) is 2.11. The van der Waals surface area contributed by atoms with Crippen molar-refractivity contribution in [3.8, 4) is 11.5 Å². The summed E-state index contributed by atoms with van der Waals surface area (Å²) in [6, 6.07) is 16.0. The van der Waals surface area contributed by atoms with Gasteiger partial charge in [-0.25, -0.2) is 4.79 Å². The van der Waals surface area contributed by atoms with Crippen LogP contribution in [0.1, 0.15) is 23.5 Å². The fraction of sp³-hybridized carbons (Fsp3) is 0.381. The van der Waals surface area contributed by atoms with Gasteiger partial charge in [0.1, 0.15) is 11.5 Å². The Morgan fingerprint density at radius 1 is 1.12 bits per heavy atom. The first-order valence-corrected chi connectivity index (χ1v) is 9.00. The van der Waals surface area contributed by atoms with Gasteiger partial charge in [-0.2, -0.15) is 0 Å². The van der Waals surface area contributed by atoms with Crippen molar-refractivity contribution in [3.05, 3.63) is 59.7 Å². The molecular weight excluding hydrogens is 328 g/mol. The third-order valence-corrected chi connectivity index (χ3v) is 4.93. The van der Waals surface area contributed by atoms with Crippen LogP contribution in [0.2, 0.25) is 0 Å². The second-order valence-corrected chi connectivity index (χ2v) is 6.50. The quantitative estimate of drug-likeness (QED) is 0.864. The van der Waals surface area contributed by atoms with E-state index in [1.165, 1.54) is 5.56 Å². The maximum absolute atomic E-state index is 12.4. The zero-order chi connectivity index (χ0) is 18.4. The van der Waals surface area contributed by atoms with Gasteiger partial charge in [-0.1, -0.05) is 30.3 Å². The van der Waals surface area contributed by atoms with Gasteiger partial charge in [0, 0.05) is 25.6 Å². The van der Waals surface area contributed by atoms with E-state index in [4.69, 9.17) is 9.47 Å². The first-order chi connectivity index (χ1) is 12.7. The summed E-state index contributed by atoms with van der Waals surface area (Å²) in [7, 11) is 3.34. The van der Waals surface area contributed by atoms with Gasteiger partial charge in [-0.05, 0) is 42.2 Å². The van der Waals surface area contributed by atoms with E-state index < -0.39 is 0 Å². The predicted molar refractivity (Wildman–Crippen MR) is 102 cm³/mol. The molecule has 2 amide bonds. The smallest absolute Gasteiger partial charge is 0.317 e. The van der Waals surface area contributed by atoms with E-state index in [0.29, 0.717) is 12.5 Å². The minimum absolute atomic E-state index is 0.0101. The van der Waals surface area contributed by atoms with E-state index in [1.807, 2.05) is 41.3 Å². The molecule has 1 unspecified atom stereocenters. The number of methoxy groups -OCH3 is 2. The molecule has 3 rings (SSSR count). The summed E-state index contributed by atoms with van der Waals surface area (Å²) in [6.45, 7) is 2.15. The molecule has 1 heterocycles. The molecule has 0 radical (unpaired) electrons. The van der Waals surface area contributed by atoms with Crippen LogP contribution in [0.5, 0.6) is 11.5 Å². The third-order valence-electron chi connectivity index (χ3n) is 4.93. The van der Waals surface area contributed by atoms with E-state index in [2.05, 4.69) is 17.4 Å². The van der Waals surface area contributed by atoms with Crippen LogP contribution in [0.4, 0.5) is 4.79 Å². The number of carbonyl (C=O) groups is 1. The Balaban J connectivity index is 1.48. The zero-order valence-electron chi connectivity index (χ0n) is 15.4. The van der Waals surface area contributed by atoms with E-state index in [0.717, 1.165) is 43.0 Å². The van der Waals surface area contributed by atoms with Crippen molar-refractivity contribution >= 4 is 6.03 Å². The standard InChI is InChI=1S/C21H26N2O3/c1-25-19-9-7-16(8-10-19)18-12-14-23(15-18)21(24)22-13-11-17-5-3-4-6-20(17)26-2/h3-10,18H,11-15H2,1-2H3,(H,22,24). The molecule has 1 N–H and O–H groups in total. The first kappa shape index (κ1) is 18.1. The lowest BCUT2D eigenvalue weighted by atomic mass is 9.98. The summed E-state index contributed by atoms with van der Waals surface area (Å²) in [4.78, 5) is 14.3. The maximum atomic E-state index is 12.4. The molecule has 0 bridgehead atoms. The molecule has 1 aliphatic rings. The lowest BCUT2D eigenvalue weighted by Crippen LogP contribution is -2.39. The molecule has 1 atom stereocenters. The Kier molecular flexibility index (Phi) is 6.00. The number of carbonyl (C=O) groups excluding carboxylic acids is 1. The number of ether oxygens (including phenoxy) is 2. The average molecular weight is 354 g/mol. The van der Waals surface area contributed by atoms with E-state index in [1.54, 1.807) is 14.2 Å². The molecule has 5 heteroatoms. The van der Waals surface area contributed by atoms with Crippen LogP contribution in [-0.2, 0) is 6.42 Å². The van der Waals surface area contributed by atoms with Gasteiger partial charge in [-0.15, -0.1) is 0 Å². The molecule has 138 valence electrons. The topological polar surface area (TPSA) is 50.8 Å². The Labute approximate surface area is 154 Å². The molecule has 5 nitrogen and oxygen atoms in total. The van der Waals surface area contributed by atoms with Gasteiger partial charge in [0.2, 0.25) is 0 Å². The average Bonchev–Trinajstić information content (AvgIpc) is 3.18. The number of hydrogen-bond acceptors (Lipinski definition) is 3. The largest absolute Gasteiger partial charge is 0.497 e. The molecule has 0 spiro atoms. The molecule has 1 fully saturated rings. The number of amides is 2. The van der Waals surface area contributed by atoms with Gasteiger partial charge < -0.3 is 19.7 Å². The lowest BCUT2D eigenvalue weighted by Gasteiger charge is -2.18. The molecule has 1 saturated heterocycles. The fourth-order valence-corrected chi connectivity index (χ4v) is 3.42. The number of benzene rings is 2. The molecule has 1 aliphatic heterocycles. The molecular formula is C21H26N2O3. The van der Waals surface area contributed by atoms with Crippen molar-refractivity contribution in [2.75, 3.05) is 33.9 Å². The number of urea groups is 1. The van der Waals surface area contributed by atoms with Gasteiger partial charge in [0.05, 0.1) is 14.2 Å². The number of rotatable bonds is 6. The van der Waals surface area contributed by atoms with Crippen LogP contribution < -0.4 is 14.8 Å². The highest BCUT2D eigenvalue weighted by Crippen LogP contribution is 2.28. The van der Waals surface area contributed by atoms with Gasteiger partial charge in [0.25, 0.3) is 0 Å². The molecule has 0 aromatic heterocycles. The van der Waals surface area contributed by atoms with Crippen molar-refractivity contribution in [2.45, 2.75) is 18.8 Å². The fourth-order valence-electron chi connectivity index (χ4n) is 3.42. The summed E-state index contributed by atoms with van der Waals surface area (Å²) >= 11 is 0. The number of nitrogens with zero attached hydrogens (tertiary/aromatic N) is 1. The Hall–Kier alpha value is -2.69. The number of hydrogen-bond donors (Lipinski definition) is 1. The van der Waals surface area contributed by atoms with Crippen LogP contribution in [0.25, 0.3) is 0 Å². The summed E-state index contributed by atoms with van der Waals surface area (Å²) in [5.41, 5.74) is 2.36. The van der Waals surface area contributed by atoms with E-state index in [9.17, 15) is 4.79 Å². The highest BCUT2D eigenvalue weighted by molar-refractivity contribution is 5.74. The van der Waals surface area contributed by atoms with Gasteiger partial charge in [-0.3, -0.25) is 0 Å². The number of nitrogens with one attached hydrogen (secondary N) is 1. The summed E-state index contributed by atoms with van der Waals surface area (Å²) in [6.07, 6.45) is 1.75. The number of likely N-dealkylation sites (tertiary alicyclic amines) is 1. The first-order valence-electron chi connectivity index (χ1n) is 9.00. The van der Waals surface area contributed by atoms with Crippen LogP contribution in [-0.4, -0.2) is 44.8 Å². The van der Waals surface area contributed by atoms with Crippen molar-refractivity contribution in [3.63, 3.8) is 0 Å². The highest BCUT2D eigenvalue weighted by atomic mass is 16.5.